The summed E-state index contributed by atoms with van der Waals surface area (Å²) in [6, 6.07) is 1.16. The van der Waals surface area contributed by atoms with Crippen molar-refractivity contribution in [2.24, 2.45) is 0 Å². The molecule has 0 spiro atoms. The highest BCUT2D eigenvalue weighted by molar-refractivity contribution is 7.81. The zero-order chi connectivity index (χ0) is 16.5. The maximum absolute atomic E-state index is 12.6. The molecule has 0 bridgehead atoms. The molecule has 1 aromatic heterocycles. The standard InChI is InChI=1S/C13H18FN3O4S/c1-9-7-16(3)8-10(2)17(9)13(18)11-4-12(6-15-5-11)21-22(14,19)20/h4-6,9-10H,7-8H2,1-3H3/t9-,10+. The first-order chi connectivity index (χ1) is 10.2. The highest BCUT2D eigenvalue weighted by atomic mass is 32.3. The Hall–Kier alpha value is -1.74. The van der Waals surface area contributed by atoms with Gasteiger partial charge in [-0.15, -0.1) is 0 Å². The van der Waals surface area contributed by atoms with Crippen LogP contribution in [0.15, 0.2) is 18.5 Å². The Morgan fingerprint density at radius 1 is 1.32 bits per heavy atom. The molecule has 0 unspecified atom stereocenters. The minimum absolute atomic E-state index is 0.00395. The number of piperazine rings is 1. The summed E-state index contributed by atoms with van der Waals surface area (Å²) < 4.78 is 37.7. The lowest BCUT2D eigenvalue weighted by molar-refractivity contribution is 0.0350. The van der Waals surface area contributed by atoms with Gasteiger partial charge in [0.1, 0.15) is 0 Å². The lowest BCUT2D eigenvalue weighted by atomic mass is 10.1. The fraction of sp³-hybridized carbons (Fsp3) is 0.538. The largest absolute Gasteiger partial charge is 0.488 e. The molecule has 122 valence electrons. The fourth-order valence-corrected chi connectivity index (χ4v) is 3.15. The van der Waals surface area contributed by atoms with Crippen molar-refractivity contribution in [3.63, 3.8) is 0 Å². The third kappa shape index (κ3) is 3.92. The van der Waals surface area contributed by atoms with Gasteiger partial charge in [-0.3, -0.25) is 9.78 Å². The first kappa shape index (κ1) is 16.6. The molecule has 0 N–H and O–H groups in total. The fourth-order valence-electron chi connectivity index (χ4n) is 2.83. The molecule has 0 aliphatic carbocycles. The maximum atomic E-state index is 12.6. The lowest BCUT2D eigenvalue weighted by Crippen LogP contribution is -2.57. The van der Waals surface area contributed by atoms with E-state index in [1.807, 2.05) is 20.9 Å². The van der Waals surface area contributed by atoms with Crippen molar-refractivity contribution < 1.29 is 21.3 Å². The minimum Gasteiger partial charge on any atom is -0.357 e. The van der Waals surface area contributed by atoms with Gasteiger partial charge in [0, 0.05) is 31.4 Å². The molecule has 1 amide bonds. The summed E-state index contributed by atoms with van der Waals surface area (Å²) in [5.41, 5.74) is 0.157. The molecule has 1 fully saturated rings. The number of carbonyl (C=O) groups is 1. The Bertz CT molecular complexity index is 655. The van der Waals surface area contributed by atoms with Gasteiger partial charge in [-0.05, 0) is 27.0 Å². The van der Waals surface area contributed by atoms with E-state index in [1.54, 1.807) is 4.90 Å². The van der Waals surface area contributed by atoms with E-state index in [1.165, 1.54) is 12.3 Å². The summed E-state index contributed by atoms with van der Waals surface area (Å²) in [5.74, 6) is -0.620. The van der Waals surface area contributed by atoms with Crippen LogP contribution in [0, 0.1) is 0 Å². The van der Waals surface area contributed by atoms with Crippen LogP contribution >= 0.6 is 0 Å². The third-order valence-electron chi connectivity index (χ3n) is 3.49. The van der Waals surface area contributed by atoms with Crippen molar-refractivity contribution in [3.05, 3.63) is 24.0 Å². The van der Waals surface area contributed by atoms with Gasteiger partial charge in [0.25, 0.3) is 5.91 Å². The second-order valence-electron chi connectivity index (χ2n) is 5.52. The van der Waals surface area contributed by atoms with Crippen LogP contribution in [-0.2, 0) is 10.5 Å². The molecule has 2 heterocycles. The number of amides is 1. The molecular formula is C13H18FN3O4S. The van der Waals surface area contributed by atoms with Gasteiger partial charge in [-0.2, -0.15) is 8.42 Å². The van der Waals surface area contributed by atoms with E-state index in [0.717, 1.165) is 19.3 Å². The number of hydrogen-bond acceptors (Lipinski definition) is 6. The second kappa shape index (κ2) is 6.17. The van der Waals surface area contributed by atoms with Crippen LogP contribution in [0.3, 0.4) is 0 Å². The Morgan fingerprint density at radius 2 is 1.91 bits per heavy atom. The number of pyridine rings is 1. The monoisotopic (exact) mass is 331 g/mol. The Labute approximate surface area is 129 Å². The summed E-state index contributed by atoms with van der Waals surface area (Å²) in [6.45, 7) is 5.34. The van der Waals surface area contributed by atoms with Gasteiger partial charge in [0.15, 0.2) is 5.75 Å². The summed E-state index contributed by atoms with van der Waals surface area (Å²) in [5, 5.41) is 0. The maximum Gasteiger partial charge on any atom is 0.488 e. The zero-order valence-corrected chi connectivity index (χ0v) is 13.4. The Balaban J connectivity index is 2.24. The number of carbonyl (C=O) groups excluding carboxylic acids is 1. The van der Waals surface area contributed by atoms with E-state index < -0.39 is 10.5 Å². The van der Waals surface area contributed by atoms with E-state index in [9.17, 15) is 17.1 Å². The SMILES string of the molecule is C[C@@H]1CN(C)C[C@H](C)N1C(=O)c1cncc(OS(=O)(=O)F)c1. The number of hydrogen-bond donors (Lipinski definition) is 0. The molecule has 1 aromatic rings. The van der Waals surface area contributed by atoms with Gasteiger partial charge >= 0.3 is 10.5 Å². The molecule has 1 saturated heterocycles. The van der Waals surface area contributed by atoms with Crippen molar-refractivity contribution in [2.75, 3.05) is 20.1 Å². The van der Waals surface area contributed by atoms with Gasteiger partial charge in [-0.1, -0.05) is 3.89 Å². The molecule has 9 heteroatoms. The number of nitrogens with zero attached hydrogens (tertiary/aromatic N) is 3. The predicted molar refractivity (Wildman–Crippen MR) is 77.5 cm³/mol. The van der Waals surface area contributed by atoms with Crippen molar-refractivity contribution in [2.45, 2.75) is 25.9 Å². The molecule has 2 atom stereocenters. The van der Waals surface area contributed by atoms with Crippen molar-refractivity contribution in [1.29, 1.82) is 0 Å². The van der Waals surface area contributed by atoms with E-state index in [0.29, 0.717) is 0 Å². The van der Waals surface area contributed by atoms with Gasteiger partial charge in [0.05, 0.1) is 11.8 Å². The molecule has 0 saturated carbocycles. The molecule has 1 aliphatic heterocycles. The van der Waals surface area contributed by atoms with Crippen LogP contribution in [0.25, 0.3) is 0 Å². The average molecular weight is 331 g/mol. The Kier molecular flexibility index (Phi) is 4.66. The van der Waals surface area contributed by atoms with E-state index >= 15 is 0 Å². The van der Waals surface area contributed by atoms with Crippen molar-refractivity contribution in [1.82, 2.24) is 14.8 Å². The van der Waals surface area contributed by atoms with Crippen LogP contribution in [0.1, 0.15) is 24.2 Å². The first-order valence-electron chi connectivity index (χ1n) is 6.77. The molecule has 0 aromatic carbocycles. The van der Waals surface area contributed by atoms with Crippen LogP contribution in [-0.4, -0.2) is 61.3 Å². The normalized spacial score (nSPS) is 23.4. The summed E-state index contributed by atoms with van der Waals surface area (Å²) in [7, 11) is -3.16. The average Bonchev–Trinajstić information content (AvgIpc) is 2.35. The molecule has 7 nitrogen and oxygen atoms in total. The number of rotatable bonds is 3. The van der Waals surface area contributed by atoms with Crippen molar-refractivity contribution in [3.8, 4) is 5.75 Å². The van der Waals surface area contributed by atoms with Crippen LogP contribution in [0.5, 0.6) is 5.75 Å². The summed E-state index contributed by atoms with van der Waals surface area (Å²) >= 11 is 0. The highest BCUT2D eigenvalue weighted by Gasteiger charge is 2.32. The predicted octanol–water partition coefficient (Wildman–Crippen LogP) is 0.839. The number of aromatic nitrogens is 1. The quantitative estimate of drug-likeness (QED) is 0.764. The summed E-state index contributed by atoms with van der Waals surface area (Å²) in [6.07, 6.45) is 2.34. The highest BCUT2D eigenvalue weighted by Crippen LogP contribution is 2.20. The molecule has 0 radical (unpaired) electrons. The lowest BCUT2D eigenvalue weighted by Gasteiger charge is -2.43. The van der Waals surface area contributed by atoms with Gasteiger partial charge in [0.2, 0.25) is 0 Å². The molecule has 22 heavy (non-hydrogen) atoms. The van der Waals surface area contributed by atoms with Gasteiger partial charge < -0.3 is 14.0 Å². The smallest absolute Gasteiger partial charge is 0.357 e. The molecule has 1 aliphatic rings. The zero-order valence-electron chi connectivity index (χ0n) is 12.6. The van der Waals surface area contributed by atoms with Crippen LogP contribution < -0.4 is 4.18 Å². The van der Waals surface area contributed by atoms with Crippen LogP contribution in [0.4, 0.5) is 3.89 Å². The topological polar surface area (TPSA) is 79.8 Å². The third-order valence-corrected chi connectivity index (χ3v) is 3.88. The number of likely N-dealkylation sites (N-methyl/N-ethyl adjacent to an activating group) is 1. The van der Waals surface area contributed by atoms with Crippen molar-refractivity contribution >= 4 is 16.4 Å². The summed E-state index contributed by atoms with van der Waals surface area (Å²) in [4.78, 5) is 20.2. The van der Waals surface area contributed by atoms with E-state index in [-0.39, 0.29) is 29.3 Å². The second-order valence-corrected chi connectivity index (χ2v) is 6.47. The van der Waals surface area contributed by atoms with Gasteiger partial charge in [-0.25, -0.2) is 0 Å². The van der Waals surface area contributed by atoms with E-state index in [2.05, 4.69) is 14.1 Å². The molecule has 2 rings (SSSR count). The van der Waals surface area contributed by atoms with Crippen LogP contribution in [0.2, 0.25) is 0 Å². The first-order valence-corrected chi connectivity index (χ1v) is 8.08. The van der Waals surface area contributed by atoms with E-state index in [4.69, 9.17) is 0 Å². The Morgan fingerprint density at radius 3 is 2.45 bits per heavy atom. The molecular weight excluding hydrogens is 313 g/mol. The number of halogens is 1. The minimum atomic E-state index is -5.14.